The van der Waals surface area contributed by atoms with Crippen LogP contribution in [0.5, 0.6) is 0 Å². The van der Waals surface area contributed by atoms with Crippen molar-refractivity contribution in [1.29, 1.82) is 0 Å². The Kier molecular flexibility index (Phi) is 6.54. The number of aliphatic imine (C=N–C) groups is 2. The number of aromatic nitrogens is 3. The van der Waals surface area contributed by atoms with Crippen molar-refractivity contribution in [2.24, 2.45) is 17.0 Å². The van der Waals surface area contributed by atoms with Crippen LogP contribution in [0.4, 0.5) is 5.82 Å². The molecule has 188 valence electrons. The Morgan fingerprint density at radius 1 is 1.25 bits per heavy atom. The molecule has 1 aliphatic heterocycles. The number of piperidine rings is 1. The van der Waals surface area contributed by atoms with E-state index in [-0.39, 0.29) is 6.04 Å². The molecule has 0 amide bonds. The van der Waals surface area contributed by atoms with Crippen LogP contribution in [0.25, 0.3) is 21.3 Å². The first-order chi connectivity index (χ1) is 17.3. The molecule has 5 rings (SSSR count). The molecular weight excluding hydrogens is 494 g/mol. The van der Waals surface area contributed by atoms with Gasteiger partial charge in [-0.1, -0.05) is 17.7 Å². The number of likely N-dealkylation sites (tertiary alicyclic amines) is 1. The van der Waals surface area contributed by atoms with Crippen molar-refractivity contribution in [1.82, 2.24) is 24.4 Å². The van der Waals surface area contributed by atoms with Crippen molar-refractivity contribution >= 4 is 49.8 Å². The van der Waals surface area contributed by atoms with E-state index in [0.29, 0.717) is 36.0 Å². The largest absolute Gasteiger partial charge is 0.356 e. The zero-order chi connectivity index (χ0) is 25.4. The number of sulfonamides is 1. The average molecular weight is 524 g/mol. The van der Waals surface area contributed by atoms with E-state index >= 15 is 0 Å². The fraction of sp³-hybridized carbons (Fsp3) is 0.320. The van der Waals surface area contributed by atoms with E-state index in [2.05, 4.69) is 36.4 Å². The van der Waals surface area contributed by atoms with E-state index in [1.165, 1.54) is 11.3 Å². The van der Waals surface area contributed by atoms with Gasteiger partial charge in [0, 0.05) is 49.7 Å². The molecule has 0 aliphatic carbocycles. The van der Waals surface area contributed by atoms with Gasteiger partial charge in [-0.05, 0) is 50.1 Å². The van der Waals surface area contributed by atoms with Crippen LogP contribution in [0.1, 0.15) is 24.0 Å². The Balaban J connectivity index is 1.29. The summed E-state index contributed by atoms with van der Waals surface area (Å²) in [7, 11) is 0.0524. The summed E-state index contributed by atoms with van der Waals surface area (Å²) < 4.78 is 32.2. The Bertz CT molecular complexity index is 1550. The highest BCUT2D eigenvalue weighted by atomic mass is 32.2. The predicted molar refractivity (Wildman–Crippen MR) is 146 cm³/mol. The molecule has 3 aromatic heterocycles. The van der Waals surface area contributed by atoms with E-state index in [9.17, 15) is 8.42 Å². The summed E-state index contributed by atoms with van der Waals surface area (Å²) in [5, 5.41) is 5.20. The summed E-state index contributed by atoms with van der Waals surface area (Å²) in [6, 6.07) is 9.64. The van der Waals surface area contributed by atoms with Gasteiger partial charge >= 0.3 is 0 Å². The number of H-pyrrole nitrogens is 1. The SMILES string of the molecule is C=Nc1[nH]c(-c2cnn(C)c2)cc1/C(=N\C)N1CCC(NS(=O)(=O)c2cc3cc(C)ccc3s2)CC1. The van der Waals surface area contributed by atoms with Crippen molar-refractivity contribution < 1.29 is 8.42 Å². The summed E-state index contributed by atoms with van der Waals surface area (Å²) in [4.78, 5) is 14.2. The number of hydrogen-bond donors (Lipinski definition) is 2. The normalized spacial score (nSPS) is 15.6. The monoisotopic (exact) mass is 523 g/mol. The van der Waals surface area contributed by atoms with Crippen molar-refractivity contribution in [2.75, 3.05) is 20.1 Å². The van der Waals surface area contributed by atoms with Gasteiger partial charge in [0.2, 0.25) is 10.0 Å². The van der Waals surface area contributed by atoms with Crippen LogP contribution in [-0.4, -0.2) is 66.8 Å². The van der Waals surface area contributed by atoms with Gasteiger partial charge in [-0.25, -0.2) is 18.1 Å². The van der Waals surface area contributed by atoms with Gasteiger partial charge in [-0.3, -0.25) is 9.67 Å². The van der Waals surface area contributed by atoms with E-state index in [4.69, 9.17) is 0 Å². The molecule has 1 saturated heterocycles. The maximum absolute atomic E-state index is 13.1. The Morgan fingerprint density at radius 3 is 2.69 bits per heavy atom. The van der Waals surface area contributed by atoms with Crippen LogP contribution in [0.15, 0.2) is 56.9 Å². The number of rotatable bonds is 6. The third-order valence-corrected chi connectivity index (χ3v) is 9.56. The minimum Gasteiger partial charge on any atom is -0.356 e. The fourth-order valence-electron chi connectivity index (χ4n) is 4.64. The minimum atomic E-state index is -3.58. The average Bonchev–Trinajstić information content (AvgIpc) is 3.58. The second-order valence-electron chi connectivity index (χ2n) is 9.04. The molecule has 11 heteroatoms. The molecule has 1 fully saturated rings. The maximum Gasteiger partial charge on any atom is 0.250 e. The number of hydrogen-bond acceptors (Lipinski definition) is 6. The van der Waals surface area contributed by atoms with Crippen LogP contribution < -0.4 is 4.72 Å². The number of nitrogens with one attached hydrogen (secondary N) is 2. The molecule has 4 heterocycles. The lowest BCUT2D eigenvalue weighted by Crippen LogP contribution is -2.46. The van der Waals surface area contributed by atoms with Crippen LogP contribution in [0.3, 0.4) is 0 Å². The van der Waals surface area contributed by atoms with Crippen molar-refractivity contribution in [3.05, 3.63) is 53.9 Å². The van der Waals surface area contributed by atoms with Gasteiger partial charge in [0.25, 0.3) is 0 Å². The summed E-state index contributed by atoms with van der Waals surface area (Å²) in [5.41, 5.74) is 3.82. The molecule has 0 radical (unpaired) electrons. The molecule has 2 N–H and O–H groups in total. The number of aromatic amines is 1. The van der Waals surface area contributed by atoms with Crippen LogP contribution in [0.2, 0.25) is 0 Å². The Hall–Kier alpha value is -3.28. The lowest BCUT2D eigenvalue weighted by atomic mass is 10.0. The highest BCUT2D eigenvalue weighted by Crippen LogP contribution is 2.31. The molecule has 9 nitrogen and oxygen atoms in total. The molecule has 0 spiro atoms. The van der Waals surface area contributed by atoms with Crippen LogP contribution in [0, 0.1) is 6.92 Å². The Morgan fingerprint density at radius 2 is 2.03 bits per heavy atom. The van der Waals surface area contributed by atoms with Gasteiger partial charge < -0.3 is 9.88 Å². The Labute approximate surface area is 214 Å². The van der Waals surface area contributed by atoms with Crippen molar-refractivity contribution in [3.63, 3.8) is 0 Å². The number of nitrogens with zero attached hydrogens (tertiary/aromatic N) is 5. The second kappa shape index (κ2) is 9.64. The van der Waals surface area contributed by atoms with E-state index < -0.39 is 10.0 Å². The maximum atomic E-state index is 13.1. The van der Waals surface area contributed by atoms with Gasteiger partial charge in [0.05, 0.1) is 17.5 Å². The molecule has 4 aromatic rings. The number of thiophene rings is 1. The second-order valence-corrected chi connectivity index (χ2v) is 12.1. The quantitative estimate of drug-likeness (QED) is 0.293. The molecule has 0 saturated carbocycles. The molecule has 1 aliphatic rings. The zero-order valence-corrected chi connectivity index (χ0v) is 22.2. The topological polar surface area (TPSA) is 108 Å². The van der Waals surface area contributed by atoms with Gasteiger partial charge in [-0.15, -0.1) is 11.3 Å². The smallest absolute Gasteiger partial charge is 0.250 e. The molecule has 0 unspecified atom stereocenters. The molecule has 0 atom stereocenters. The summed E-state index contributed by atoms with van der Waals surface area (Å²) >= 11 is 1.31. The molecular formula is C25H29N7O2S2. The lowest BCUT2D eigenvalue weighted by Gasteiger charge is -2.34. The highest BCUT2D eigenvalue weighted by Gasteiger charge is 2.28. The first kappa shape index (κ1) is 24.4. The van der Waals surface area contributed by atoms with Gasteiger partial charge in [0.15, 0.2) is 0 Å². The zero-order valence-electron chi connectivity index (χ0n) is 20.5. The molecule has 1 aromatic carbocycles. The standard InChI is InChI=1S/C25H29N7O2S2/c1-16-5-6-22-17(11-16)12-23(35-22)36(33,34)30-19-7-9-32(10-8-19)25(27-3)20-13-21(29-24(20)26-2)18-14-28-31(4)15-18/h5-6,11-15,19,29-30H,2,7-10H2,1,3-4H3/b27-25+. The van der Waals surface area contributed by atoms with Crippen molar-refractivity contribution in [2.45, 2.75) is 30.0 Å². The highest BCUT2D eigenvalue weighted by molar-refractivity contribution is 7.91. The predicted octanol–water partition coefficient (Wildman–Crippen LogP) is 4.09. The first-order valence-corrected chi connectivity index (χ1v) is 14.0. The fourth-order valence-corrected chi connectivity index (χ4v) is 7.34. The van der Waals surface area contributed by atoms with E-state index in [0.717, 1.165) is 38.3 Å². The van der Waals surface area contributed by atoms with E-state index in [1.807, 2.05) is 44.4 Å². The van der Waals surface area contributed by atoms with Crippen LogP contribution in [-0.2, 0) is 17.1 Å². The van der Waals surface area contributed by atoms with Crippen LogP contribution >= 0.6 is 11.3 Å². The molecule has 36 heavy (non-hydrogen) atoms. The number of benzene rings is 1. The number of fused-ring (bicyclic) bond motifs is 1. The van der Waals surface area contributed by atoms with Gasteiger partial charge in [0.1, 0.15) is 15.9 Å². The first-order valence-electron chi connectivity index (χ1n) is 11.7. The van der Waals surface area contributed by atoms with Crippen molar-refractivity contribution in [3.8, 4) is 11.3 Å². The third-order valence-electron chi connectivity index (χ3n) is 6.45. The number of amidine groups is 1. The minimum absolute atomic E-state index is 0.134. The van der Waals surface area contributed by atoms with Gasteiger partial charge in [-0.2, -0.15) is 5.10 Å². The summed E-state index contributed by atoms with van der Waals surface area (Å²) in [6.07, 6.45) is 5.08. The van der Waals surface area contributed by atoms with E-state index in [1.54, 1.807) is 24.0 Å². The number of aryl methyl sites for hydroxylation is 2. The molecule has 0 bridgehead atoms. The summed E-state index contributed by atoms with van der Waals surface area (Å²) in [6.45, 7) is 7.07. The summed E-state index contributed by atoms with van der Waals surface area (Å²) in [5.74, 6) is 1.46. The lowest BCUT2D eigenvalue weighted by molar-refractivity contribution is 0.302. The third kappa shape index (κ3) is 4.73.